The third kappa shape index (κ3) is 3.90. The van der Waals surface area contributed by atoms with Crippen LogP contribution >= 0.6 is 11.6 Å². The summed E-state index contributed by atoms with van der Waals surface area (Å²) in [6.45, 7) is 3.97. The number of nitrogens with one attached hydrogen (secondary N) is 2. The van der Waals surface area contributed by atoms with E-state index >= 15 is 0 Å². The first kappa shape index (κ1) is 21.9. The Morgan fingerprint density at radius 3 is 2.58 bits per heavy atom. The minimum Gasteiger partial charge on any atom is -0.351 e. The van der Waals surface area contributed by atoms with Crippen molar-refractivity contribution in [2.45, 2.75) is 76.5 Å². The van der Waals surface area contributed by atoms with E-state index < -0.39 is 11.4 Å². The number of imidazole rings is 1. The minimum absolute atomic E-state index is 0.00675. The lowest BCUT2D eigenvalue weighted by Gasteiger charge is -2.44. The van der Waals surface area contributed by atoms with E-state index in [9.17, 15) is 14.4 Å². The van der Waals surface area contributed by atoms with Crippen LogP contribution in [0.1, 0.15) is 72.0 Å². The van der Waals surface area contributed by atoms with E-state index in [0.29, 0.717) is 10.7 Å². The van der Waals surface area contributed by atoms with E-state index in [1.54, 1.807) is 21.6 Å². The Labute approximate surface area is 197 Å². The topological polar surface area (TPSA) is 96.3 Å². The van der Waals surface area contributed by atoms with Gasteiger partial charge in [0.1, 0.15) is 11.2 Å². The van der Waals surface area contributed by atoms with E-state index in [1.807, 2.05) is 19.9 Å². The molecule has 2 heterocycles. The largest absolute Gasteiger partial charge is 0.351 e. The first-order valence-corrected chi connectivity index (χ1v) is 11.9. The molecule has 1 aromatic heterocycles. The Morgan fingerprint density at radius 2 is 1.91 bits per heavy atom. The summed E-state index contributed by atoms with van der Waals surface area (Å²) in [6, 6.07) is 5.41. The van der Waals surface area contributed by atoms with E-state index in [2.05, 4.69) is 15.6 Å². The second-order valence-corrected chi connectivity index (χ2v) is 10.0. The number of hydrogen-bond acceptors (Lipinski definition) is 4. The number of rotatable bonds is 5. The molecule has 0 bridgehead atoms. The SMILES string of the molecule is Cc1ccc(NC(=O)c2ncn3c2C(=O)N(C2CC2)[C@](C)(C(=O)NC2CCCC2)C3)cc1Cl. The fourth-order valence-corrected chi connectivity index (χ4v) is 5.17. The van der Waals surface area contributed by atoms with Crippen molar-refractivity contribution < 1.29 is 14.4 Å². The Hall–Kier alpha value is -2.87. The zero-order valence-corrected chi connectivity index (χ0v) is 19.6. The maximum Gasteiger partial charge on any atom is 0.276 e. The van der Waals surface area contributed by atoms with Gasteiger partial charge in [-0.2, -0.15) is 0 Å². The fraction of sp³-hybridized carbons (Fsp3) is 0.500. The summed E-state index contributed by atoms with van der Waals surface area (Å²) in [5.74, 6) is -0.932. The van der Waals surface area contributed by atoms with Gasteiger partial charge in [-0.1, -0.05) is 30.5 Å². The van der Waals surface area contributed by atoms with Crippen molar-refractivity contribution >= 4 is 35.0 Å². The van der Waals surface area contributed by atoms with Crippen LogP contribution in [-0.2, 0) is 11.3 Å². The van der Waals surface area contributed by atoms with Gasteiger partial charge in [0.25, 0.3) is 11.8 Å². The van der Waals surface area contributed by atoms with Crippen molar-refractivity contribution in [3.8, 4) is 0 Å². The lowest BCUT2D eigenvalue weighted by molar-refractivity contribution is -0.134. The van der Waals surface area contributed by atoms with Crippen molar-refractivity contribution in [1.82, 2.24) is 19.8 Å². The third-order valence-electron chi connectivity index (χ3n) is 7.01. The highest BCUT2D eigenvalue weighted by Gasteiger charge is 2.54. The van der Waals surface area contributed by atoms with Crippen molar-refractivity contribution in [2.75, 3.05) is 5.32 Å². The predicted molar refractivity (Wildman–Crippen MR) is 124 cm³/mol. The molecule has 0 spiro atoms. The summed E-state index contributed by atoms with van der Waals surface area (Å²) in [5.41, 5.74) is 0.691. The van der Waals surface area contributed by atoms with E-state index in [4.69, 9.17) is 11.6 Å². The van der Waals surface area contributed by atoms with Gasteiger partial charge in [-0.05, 0) is 57.2 Å². The standard InChI is InChI=1S/C24H28ClN5O3/c1-14-7-8-16(11-18(14)25)27-21(31)19-20-22(32)30(17-9-10-17)24(2,12-29(20)13-26-19)23(33)28-15-5-3-4-6-15/h7-8,11,13,15,17H,3-6,9-10,12H2,1-2H3,(H,27,31)(H,28,33)/t24-/m0/s1. The van der Waals surface area contributed by atoms with E-state index in [-0.39, 0.29) is 41.8 Å². The highest BCUT2D eigenvalue weighted by atomic mass is 35.5. The molecule has 8 nitrogen and oxygen atoms in total. The highest BCUT2D eigenvalue weighted by Crippen LogP contribution is 2.39. The van der Waals surface area contributed by atoms with Crippen LogP contribution in [0.25, 0.3) is 0 Å². The molecule has 5 rings (SSSR count). The van der Waals surface area contributed by atoms with Crippen LogP contribution < -0.4 is 10.6 Å². The van der Waals surface area contributed by atoms with Crippen molar-refractivity contribution in [2.24, 2.45) is 0 Å². The van der Waals surface area contributed by atoms with Gasteiger partial charge < -0.3 is 20.1 Å². The third-order valence-corrected chi connectivity index (χ3v) is 7.41. The Bertz CT molecular complexity index is 1140. The molecule has 1 atom stereocenters. The number of anilines is 1. The smallest absolute Gasteiger partial charge is 0.276 e. The Morgan fingerprint density at radius 1 is 1.18 bits per heavy atom. The molecule has 0 radical (unpaired) electrons. The zero-order valence-electron chi connectivity index (χ0n) is 18.9. The van der Waals surface area contributed by atoms with Crippen LogP contribution in [0, 0.1) is 6.92 Å². The molecule has 3 amide bonds. The molecule has 2 saturated carbocycles. The lowest BCUT2D eigenvalue weighted by Crippen LogP contribution is -2.65. The van der Waals surface area contributed by atoms with Crippen molar-refractivity contribution in [3.63, 3.8) is 0 Å². The zero-order chi connectivity index (χ0) is 23.3. The number of halogens is 1. The molecule has 1 aromatic carbocycles. The van der Waals surface area contributed by atoms with Gasteiger partial charge in [0.05, 0.1) is 12.9 Å². The summed E-state index contributed by atoms with van der Waals surface area (Å²) in [5, 5.41) is 6.49. The molecular weight excluding hydrogens is 442 g/mol. The van der Waals surface area contributed by atoms with Crippen molar-refractivity contribution in [3.05, 3.63) is 46.5 Å². The minimum atomic E-state index is -1.02. The summed E-state index contributed by atoms with van der Waals surface area (Å²) in [6.07, 6.45) is 7.37. The summed E-state index contributed by atoms with van der Waals surface area (Å²) in [7, 11) is 0. The number of aryl methyl sites for hydroxylation is 1. The number of nitrogens with zero attached hydrogens (tertiary/aromatic N) is 3. The lowest BCUT2D eigenvalue weighted by atomic mass is 9.93. The summed E-state index contributed by atoms with van der Waals surface area (Å²) >= 11 is 6.17. The van der Waals surface area contributed by atoms with Crippen LogP contribution in [0.5, 0.6) is 0 Å². The molecule has 33 heavy (non-hydrogen) atoms. The van der Waals surface area contributed by atoms with Crippen LogP contribution in [0.2, 0.25) is 5.02 Å². The molecule has 2 fully saturated rings. The van der Waals surface area contributed by atoms with Gasteiger partial charge in [-0.15, -0.1) is 0 Å². The van der Waals surface area contributed by atoms with Crippen LogP contribution in [-0.4, -0.2) is 49.8 Å². The Balaban J connectivity index is 1.43. The highest BCUT2D eigenvalue weighted by molar-refractivity contribution is 6.31. The second-order valence-electron chi connectivity index (χ2n) is 9.62. The molecule has 1 aliphatic heterocycles. The molecule has 2 aliphatic carbocycles. The molecule has 3 aliphatic rings. The number of fused-ring (bicyclic) bond motifs is 1. The predicted octanol–water partition coefficient (Wildman–Crippen LogP) is 3.53. The molecule has 174 valence electrons. The number of aromatic nitrogens is 2. The first-order chi connectivity index (χ1) is 15.8. The fourth-order valence-electron chi connectivity index (χ4n) is 4.99. The maximum absolute atomic E-state index is 13.7. The number of carbonyl (C=O) groups is 3. The summed E-state index contributed by atoms with van der Waals surface area (Å²) < 4.78 is 1.65. The molecule has 2 aromatic rings. The van der Waals surface area contributed by atoms with Crippen LogP contribution in [0.4, 0.5) is 5.69 Å². The average molecular weight is 470 g/mol. The van der Waals surface area contributed by atoms with Gasteiger partial charge in [0.15, 0.2) is 5.69 Å². The molecular formula is C24H28ClN5O3. The van der Waals surface area contributed by atoms with Crippen LogP contribution in [0.15, 0.2) is 24.5 Å². The molecule has 2 N–H and O–H groups in total. The van der Waals surface area contributed by atoms with Gasteiger partial charge in [-0.3, -0.25) is 14.4 Å². The van der Waals surface area contributed by atoms with Gasteiger partial charge in [-0.25, -0.2) is 4.98 Å². The van der Waals surface area contributed by atoms with Gasteiger partial charge in [0.2, 0.25) is 5.91 Å². The Kier molecular flexibility index (Phi) is 5.43. The van der Waals surface area contributed by atoms with Gasteiger partial charge in [0, 0.05) is 22.8 Å². The number of hydrogen-bond donors (Lipinski definition) is 2. The van der Waals surface area contributed by atoms with Gasteiger partial charge >= 0.3 is 0 Å². The van der Waals surface area contributed by atoms with Crippen molar-refractivity contribution in [1.29, 1.82) is 0 Å². The average Bonchev–Trinajstić information content (AvgIpc) is 3.28. The molecule has 0 saturated heterocycles. The normalized spacial score (nSPS) is 22.9. The summed E-state index contributed by atoms with van der Waals surface area (Å²) in [4.78, 5) is 46.0. The van der Waals surface area contributed by atoms with Crippen LogP contribution in [0.3, 0.4) is 0 Å². The first-order valence-electron chi connectivity index (χ1n) is 11.5. The number of carbonyl (C=O) groups excluding carboxylic acids is 3. The number of benzene rings is 1. The number of amides is 3. The molecule has 9 heteroatoms. The maximum atomic E-state index is 13.7. The molecule has 0 unspecified atom stereocenters. The second kappa shape index (κ2) is 8.17. The quantitative estimate of drug-likeness (QED) is 0.700. The van der Waals surface area contributed by atoms with E-state index in [1.165, 1.54) is 6.33 Å². The van der Waals surface area contributed by atoms with E-state index in [0.717, 1.165) is 44.1 Å². The monoisotopic (exact) mass is 469 g/mol.